The minimum atomic E-state index is 0.579. The molecule has 0 aliphatic carbocycles. The van der Waals surface area contributed by atoms with Crippen LogP contribution in [0.1, 0.15) is 5.56 Å². The van der Waals surface area contributed by atoms with E-state index in [2.05, 4.69) is 22.6 Å². The number of hydrogen-bond acceptors (Lipinski definition) is 1. The van der Waals surface area contributed by atoms with Crippen molar-refractivity contribution >= 4 is 34.2 Å². The molecular formula is C8H8ClIO. The third-order valence-corrected chi connectivity index (χ3v) is 2.34. The Kier molecular flexibility index (Phi) is 3.62. The molecule has 0 amide bonds. The molecule has 0 fully saturated rings. The Labute approximate surface area is 84.8 Å². The van der Waals surface area contributed by atoms with Gasteiger partial charge in [0.05, 0.1) is 6.61 Å². The number of methoxy groups -OCH3 is 1. The van der Waals surface area contributed by atoms with E-state index in [4.69, 9.17) is 16.3 Å². The Morgan fingerprint density at radius 3 is 2.82 bits per heavy atom. The minimum Gasteiger partial charge on any atom is -0.380 e. The van der Waals surface area contributed by atoms with E-state index in [1.165, 1.54) is 0 Å². The summed E-state index contributed by atoms with van der Waals surface area (Å²) in [4.78, 5) is 0. The first kappa shape index (κ1) is 9.29. The number of rotatable bonds is 2. The smallest absolute Gasteiger partial charge is 0.0727 e. The molecule has 0 spiro atoms. The maximum Gasteiger partial charge on any atom is 0.0727 e. The molecule has 0 saturated heterocycles. The van der Waals surface area contributed by atoms with E-state index in [1.807, 2.05) is 18.2 Å². The largest absolute Gasteiger partial charge is 0.380 e. The van der Waals surface area contributed by atoms with Gasteiger partial charge >= 0.3 is 0 Å². The fraction of sp³-hybridized carbons (Fsp3) is 0.250. The summed E-state index contributed by atoms with van der Waals surface area (Å²) >= 11 is 8.15. The van der Waals surface area contributed by atoms with E-state index in [-0.39, 0.29) is 0 Å². The van der Waals surface area contributed by atoms with Crippen LogP contribution < -0.4 is 0 Å². The van der Waals surface area contributed by atoms with Gasteiger partial charge in [0, 0.05) is 15.7 Å². The molecule has 11 heavy (non-hydrogen) atoms. The minimum absolute atomic E-state index is 0.579. The van der Waals surface area contributed by atoms with Gasteiger partial charge in [-0.1, -0.05) is 17.7 Å². The van der Waals surface area contributed by atoms with Gasteiger partial charge < -0.3 is 4.74 Å². The van der Waals surface area contributed by atoms with Crippen molar-refractivity contribution in [2.75, 3.05) is 7.11 Å². The molecule has 60 valence electrons. The highest BCUT2D eigenvalue weighted by atomic mass is 127. The predicted molar refractivity (Wildman–Crippen MR) is 54.9 cm³/mol. The zero-order valence-corrected chi connectivity index (χ0v) is 9.02. The van der Waals surface area contributed by atoms with E-state index < -0.39 is 0 Å². The van der Waals surface area contributed by atoms with Crippen LogP contribution in [0, 0.1) is 3.57 Å². The lowest BCUT2D eigenvalue weighted by Crippen LogP contribution is -1.88. The van der Waals surface area contributed by atoms with Crippen LogP contribution in [0.5, 0.6) is 0 Å². The van der Waals surface area contributed by atoms with Crippen molar-refractivity contribution in [1.29, 1.82) is 0 Å². The molecule has 1 aromatic carbocycles. The lowest BCUT2D eigenvalue weighted by atomic mass is 10.2. The number of benzene rings is 1. The van der Waals surface area contributed by atoms with E-state index in [1.54, 1.807) is 7.11 Å². The second-order valence-corrected chi connectivity index (χ2v) is 3.82. The van der Waals surface area contributed by atoms with E-state index in [0.717, 1.165) is 14.2 Å². The van der Waals surface area contributed by atoms with Crippen molar-refractivity contribution in [3.8, 4) is 0 Å². The van der Waals surface area contributed by atoms with Crippen LogP contribution in [0.2, 0.25) is 5.02 Å². The molecule has 3 heteroatoms. The normalized spacial score (nSPS) is 10.1. The molecular weight excluding hydrogens is 274 g/mol. The van der Waals surface area contributed by atoms with Crippen LogP contribution >= 0.6 is 34.2 Å². The number of halogens is 2. The van der Waals surface area contributed by atoms with Crippen molar-refractivity contribution in [3.63, 3.8) is 0 Å². The van der Waals surface area contributed by atoms with Gasteiger partial charge in [0.15, 0.2) is 0 Å². The van der Waals surface area contributed by atoms with Gasteiger partial charge in [-0.3, -0.25) is 0 Å². The Morgan fingerprint density at radius 1 is 1.55 bits per heavy atom. The lowest BCUT2D eigenvalue weighted by molar-refractivity contribution is 0.185. The van der Waals surface area contributed by atoms with Gasteiger partial charge in [-0.15, -0.1) is 0 Å². The molecule has 0 unspecified atom stereocenters. The van der Waals surface area contributed by atoms with Crippen LogP contribution in [-0.4, -0.2) is 7.11 Å². The molecule has 0 bridgehead atoms. The summed E-state index contributed by atoms with van der Waals surface area (Å²) in [5.41, 5.74) is 1.04. The van der Waals surface area contributed by atoms with Gasteiger partial charge in [-0.25, -0.2) is 0 Å². The van der Waals surface area contributed by atoms with E-state index >= 15 is 0 Å². The zero-order valence-electron chi connectivity index (χ0n) is 6.10. The Bertz CT molecular complexity index is 250. The summed E-state index contributed by atoms with van der Waals surface area (Å²) in [5.74, 6) is 0. The van der Waals surface area contributed by atoms with Gasteiger partial charge in [0.25, 0.3) is 0 Å². The first-order valence-electron chi connectivity index (χ1n) is 3.17. The molecule has 0 N–H and O–H groups in total. The Hall–Kier alpha value is 0.200. The van der Waals surface area contributed by atoms with Crippen LogP contribution in [0.25, 0.3) is 0 Å². The third kappa shape index (κ3) is 2.61. The highest BCUT2D eigenvalue weighted by molar-refractivity contribution is 14.1. The second-order valence-electron chi connectivity index (χ2n) is 2.17. The highest BCUT2D eigenvalue weighted by Gasteiger charge is 1.98. The molecule has 1 rings (SSSR count). The Balaban J connectivity index is 2.90. The van der Waals surface area contributed by atoms with Gasteiger partial charge in [0.2, 0.25) is 0 Å². The number of ether oxygens (including phenoxy) is 1. The third-order valence-electron chi connectivity index (χ3n) is 1.31. The first-order chi connectivity index (χ1) is 5.24. The lowest BCUT2D eigenvalue weighted by Gasteiger charge is -2.01. The molecule has 0 heterocycles. The van der Waals surface area contributed by atoms with Crippen LogP contribution in [0.3, 0.4) is 0 Å². The highest BCUT2D eigenvalue weighted by Crippen LogP contribution is 2.19. The summed E-state index contributed by atoms with van der Waals surface area (Å²) in [5, 5.41) is 0.777. The van der Waals surface area contributed by atoms with Gasteiger partial charge in [-0.05, 0) is 40.3 Å². The van der Waals surface area contributed by atoms with Crippen molar-refractivity contribution in [3.05, 3.63) is 32.4 Å². The van der Waals surface area contributed by atoms with Crippen molar-refractivity contribution in [2.24, 2.45) is 0 Å². The fourth-order valence-electron chi connectivity index (χ4n) is 0.794. The molecule has 0 radical (unpaired) electrons. The summed E-state index contributed by atoms with van der Waals surface area (Å²) < 4.78 is 6.11. The first-order valence-corrected chi connectivity index (χ1v) is 4.62. The maximum absolute atomic E-state index is 5.92. The maximum atomic E-state index is 5.92. The molecule has 0 atom stereocenters. The van der Waals surface area contributed by atoms with Crippen LogP contribution in [0.15, 0.2) is 18.2 Å². The van der Waals surface area contributed by atoms with Crippen molar-refractivity contribution in [2.45, 2.75) is 6.61 Å². The molecule has 1 nitrogen and oxygen atoms in total. The standard InChI is InChI=1S/C8H8ClIO/c1-11-5-6-2-3-7(10)4-8(6)9/h2-4H,5H2,1H3. The monoisotopic (exact) mass is 282 g/mol. The molecule has 1 aromatic rings. The topological polar surface area (TPSA) is 9.23 Å². The van der Waals surface area contributed by atoms with Crippen molar-refractivity contribution in [1.82, 2.24) is 0 Å². The van der Waals surface area contributed by atoms with Crippen molar-refractivity contribution < 1.29 is 4.74 Å². The molecule has 0 aliphatic rings. The summed E-state index contributed by atoms with van der Waals surface area (Å²) in [6.07, 6.45) is 0. The second kappa shape index (κ2) is 4.28. The SMILES string of the molecule is COCc1ccc(I)cc1Cl. The van der Waals surface area contributed by atoms with Gasteiger partial charge in [-0.2, -0.15) is 0 Å². The zero-order chi connectivity index (χ0) is 8.27. The molecule has 0 saturated carbocycles. The average Bonchev–Trinajstić information content (AvgIpc) is 1.95. The van der Waals surface area contributed by atoms with E-state index in [0.29, 0.717) is 6.61 Å². The fourth-order valence-corrected chi connectivity index (χ4v) is 1.70. The quantitative estimate of drug-likeness (QED) is 0.758. The van der Waals surface area contributed by atoms with Crippen LogP contribution in [-0.2, 0) is 11.3 Å². The number of hydrogen-bond donors (Lipinski definition) is 0. The van der Waals surface area contributed by atoms with Gasteiger partial charge in [0.1, 0.15) is 0 Å². The predicted octanol–water partition coefficient (Wildman–Crippen LogP) is 3.09. The summed E-state index contributed by atoms with van der Waals surface area (Å²) in [7, 11) is 1.66. The molecule has 0 aliphatic heterocycles. The van der Waals surface area contributed by atoms with E-state index in [9.17, 15) is 0 Å². The average molecular weight is 283 g/mol. The van der Waals surface area contributed by atoms with Crippen LogP contribution in [0.4, 0.5) is 0 Å². The Morgan fingerprint density at radius 2 is 2.27 bits per heavy atom. The summed E-state index contributed by atoms with van der Waals surface area (Å²) in [6, 6.07) is 5.92. The molecule has 0 aromatic heterocycles. The summed E-state index contributed by atoms with van der Waals surface area (Å²) in [6.45, 7) is 0.579.